The van der Waals surface area contributed by atoms with Crippen LogP contribution in [0.15, 0.2) is 47.4 Å². The van der Waals surface area contributed by atoms with E-state index in [1.54, 1.807) is 36.4 Å². The molecule has 0 bridgehead atoms. The topological polar surface area (TPSA) is 286 Å². The molecule has 1 aliphatic heterocycles. The van der Waals surface area contributed by atoms with Gasteiger partial charge in [0.2, 0.25) is 15.9 Å². The number of nitrogen functional groups attached to an aromatic ring is 1. The van der Waals surface area contributed by atoms with Gasteiger partial charge < -0.3 is 31.1 Å². The summed E-state index contributed by atoms with van der Waals surface area (Å²) in [7, 11) is -4.86. The summed E-state index contributed by atoms with van der Waals surface area (Å²) in [6, 6.07) is 9.30. The Bertz CT molecular complexity index is 1990. The van der Waals surface area contributed by atoms with Crippen molar-refractivity contribution in [2.75, 3.05) is 5.01 Å². The second-order valence-electron chi connectivity index (χ2n) is 9.57. The third-order valence-electron chi connectivity index (χ3n) is 6.77. The number of nitrogens with zero attached hydrogens (tertiary/aromatic N) is 2. The minimum atomic E-state index is -4.86. The minimum absolute atomic E-state index is 0.140. The number of benzene rings is 3. The van der Waals surface area contributed by atoms with Gasteiger partial charge in [0.25, 0.3) is 0 Å². The molecule has 0 radical (unpaired) electrons. The minimum Gasteiger partial charge on any atom is -0.504 e. The van der Waals surface area contributed by atoms with Gasteiger partial charge >= 0.3 is 11.9 Å². The summed E-state index contributed by atoms with van der Waals surface area (Å²) in [5.41, 5.74) is 8.90. The van der Waals surface area contributed by atoms with E-state index in [9.17, 15) is 38.1 Å². The van der Waals surface area contributed by atoms with Gasteiger partial charge in [-0.3, -0.25) is 19.8 Å². The largest absolute Gasteiger partial charge is 0.504 e. The van der Waals surface area contributed by atoms with Gasteiger partial charge in [0.05, 0.1) is 29.6 Å². The summed E-state index contributed by atoms with van der Waals surface area (Å²) in [5.74, 6) is -6.15. The number of anilines is 1. The maximum Gasteiger partial charge on any atom is 0.323 e. The second-order valence-corrected chi connectivity index (χ2v) is 11.1. The van der Waals surface area contributed by atoms with E-state index in [-0.39, 0.29) is 28.4 Å². The summed E-state index contributed by atoms with van der Waals surface area (Å²) in [4.78, 5) is 42.8. The van der Waals surface area contributed by atoms with Crippen molar-refractivity contribution in [2.45, 2.75) is 23.8 Å². The number of carbonyl (C=O) groups excluding carboxylic acids is 1. The number of aromatic amines is 1. The predicted molar refractivity (Wildman–Crippen MR) is 151 cm³/mol. The number of primary sulfonamides is 1. The van der Waals surface area contributed by atoms with E-state index in [1.807, 2.05) is 0 Å². The third-order valence-corrected chi connectivity index (χ3v) is 7.73. The lowest BCUT2D eigenvalue weighted by atomic mass is 9.92. The molecule has 17 heteroatoms. The average Bonchev–Trinajstić information content (AvgIpc) is 3.48. The number of aromatic nitrogens is 2. The van der Waals surface area contributed by atoms with E-state index in [4.69, 9.17) is 21.4 Å². The van der Waals surface area contributed by atoms with Crippen LogP contribution in [-0.2, 0) is 30.8 Å². The van der Waals surface area contributed by atoms with Gasteiger partial charge in [-0.05, 0) is 23.8 Å². The van der Waals surface area contributed by atoms with Crippen molar-refractivity contribution in [1.29, 1.82) is 5.41 Å². The number of H-pyrrole nitrogens is 1. The van der Waals surface area contributed by atoms with E-state index in [2.05, 4.69) is 15.4 Å². The highest BCUT2D eigenvalue weighted by Crippen LogP contribution is 2.53. The van der Waals surface area contributed by atoms with Crippen LogP contribution in [0.5, 0.6) is 11.5 Å². The Morgan fingerprint density at radius 1 is 1.12 bits per heavy atom. The van der Waals surface area contributed by atoms with Crippen molar-refractivity contribution < 1.29 is 43.2 Å². The fourth-order valence-corrected chi connectivity index (χ4v) is 5.78. The van der Waals surface area contributed by atoms with Gasteiger partial charge in [0.15, 0.2) is 16.4 Å². The number of rotatable bonds is 9. The smallest absolute Gasteiger partial charge is 0.323 e. The number of carboxylic acids is 2. The summed E-state index contributed by atoms with van der Waals surface area (Å²) >= 11 is 0. The summed E-state index contributed by atoms with van der Waals surface area (Å²) in [6.45, 7) is 0. The highest BCUT2D eigenvalue weighted by atomic mass is 32.2. The molecule has 222 valence electrons. The van der Waals surface area contributed by atoms with Crippen LogP contribution in [0.2, 0.25) is 0 Å². The molecule has 5 rings (SSSR count). The van der Waals surface area contributed by atoms with E-state index < -0.39 is 68.8 Å². The molecule has 1 amide bonds. The number of sulfonamides is 1. The molecule has 1 aromatic heterocycles. The number of fused-ring (bicyclic) bond motifs is 2. The van der Waals surface area contributed by atoms with E-state index >= 15 is 0 Å². The van der Waals surface area contributed by atoms with Crippen molar-refractivity contribution >= 4 is 50.4 Å². The van der Waals surface area contributed by atoms with Crippen LogP contribution < -0.4 is 21.3 Å². The van der Waals surface area contributed by atoms with E-state index in [0.29, 0.717) is 27.2 Å². The first-order valence-electron chi connectivity index (χ1n) is 12.3. The van der Waals surface area contributed by atoms with Crippen LogP contribution in [0.3, 0.4) is 0 Å². The van der Waals surface area contributed by atoms with Crippen LogP contribution in [0.4, 0.5) is 5.69 Å². The lowest BCUT2D eigenvalue weighted by molar-refractivity contribution is -0.146. The van der Waals surface area contributed by atoms with Crippen LogP contribution in [0.25, 0.3) is 33.5 Å². The lowest BCUT2D eigenvalue weighted by Crippen LogP contribution is -2.51. The van der Waals surface area contributed by atoms with Crippen LogP contribution in [0.1, 0.15) is 17.5 Å². The molecule has 1 atom stereocenters. The van der Waals surface area contributed by atoms with Crippen molar-refractivity contribution in [3.05, 3.63) is 53.6 Å². The zero-order chi connectivity index (χ0) is 31.4. The Morgan fingerprint density at radius 3 is 2.40 bits per heavy atom. The van der Waals surface area contributed by atoms with Crippen molar-refractivity contribution in [1.82, 2.24) is 15.4 Å². The number of amidine groups is 1. The molecule has 0 spiro atoms. The summed E-state index contributed by atoms with van der Waals surface area (Å²) in [5, 5.41) is 54.3. The highest BCUT2D eigenvalue weighted by Gasteiger charge is 2.42. The van der Waals surface area contributed by atoms with Crippen LogP contribution >= 0.6 is 0 Å². The van der Waals surface area contributed by atoms with Gasteiger partial charge in [0.1, 0.15) is 17.7 Å². The SMILES string of the molecule is N=C(N)c1ccc2nc(-c3ccccc3-c3c(O)c(O)c(S(N)(=O)=O)c4c3CC(=O)N4N[C@@H](CC(=O)O)C(=O)O)[nH]c2c1. The molecule has 16 nitrogen and oxygen atoms in total. The molecule has 0 unspecified atom stereocenters. The zero-order valence-electron chi connectivity index (χ0n) is 21.8. The van der Waals surface area contributed by atoms with Gasteiger partial charge in [-0.1, -0.05) is 24.3 Å². The van der Waals surface area contributed by atoms with Gasteiger partial charge in [-0.25, -0.2) is 29.0 Å². The third kappa shape index (κ3) is 5.07. The number of imidazole rings is 1. The molecule has 1 aliphatic rings. The molecule has 11 N–H and O–H groups in total. The molecular formula is C26H23N7O9S. The second kappa shape index (κ2) is 10.4. The molecular weight excluding hydrogens is 586 g/mol. The standard InChI is InChI=1S/C26H23N7O9S/c27-24(28)10-5-6-14-15(7-10)31-25(30-14)12-4-2-1-3-11(12)19-13-8-17(34)33(32-16(26(39)40)9-18(35)36)20(13)23(43(29,41)42)22(38)21(19)37/h1-7,16,32,37-38H,8-9H2,(H3,27,28)(H,30,31)(H,35,36)(H,39,40)(H2,29,41,42)/t16-/m0/s1. The Balaban J connectivity index is 1.76. The Kier molecular flexibility index (Phi) is 7.00. The number of aromatic hydroxyl groups is 2. The Labute approximate surface area is 241 Å². The van der Waals surface area contributed by atoms with E-state index in [1.165, 1.54) is 6.07 Å². The summed E-state index contributed by atoms with van der Waals surface area (Å²) < 4.78 is 25.2. The van der Waals surface area contributed by atoms with Crippen molar-refractivity contribution in [3.63, 3.8) is 0 Å². The molecule has 2 heterocycles. The molecule has 0 saturated heterocycles. The summed E-state index contributed by atoms with van der Waals surface area (Å²) in [6.07, 6.45) is -1.58. The number of hydrogen-bond acceptors (Lipinski definition) is 10. The quantitative estimate of drug-likeness (QED) is 0.0715. The zero-order valence-corrected chi connectivity index (χ0v) is 22.6. The van der Waals surface area contributed by atoms with Crippen molar-refractivity contribution in [2.24, 2.45) is 10.9 Å². The maximum atomic E-state index is 13.2. The van der Waals surface area contributed by atoms with Crippen molar-refractivity contribution in [3.8, 4) is 34.0 Å². The number of aliphatic carboxylic acids is 2. The molecule has 3 aromatic carbocycles. The lowest BCUT2D eigenvalue weighted by Gasteiger charge is -2.25. The number of carboxylic acid groups (broad SMARTS) is 2. The van der Waals surface area contributed by atoms with Crippen LogP contribution in [0, 0.1) is 5.41 Å². The number of phenols is 2. The molecule has 0 saturated carbocycles. The van der Waals surface area contributed by atoms with E-state index in [0.717, 1.165) is 0 Å². The normalized spacial score (nSPS) is 13.7. The number of carbonyl (C=O) groups is 3. The van der Waals surface area contributed by atoms with Gasteiger partial charge in [0, 0.05) is 22.3 Å². The monoisotopic (exact) mass is 609 g/mol. The molecule has 0 aliphatic carbocycles. The highest BCUT2D eigenvalue weighted by molar-refractivity contribution is 7.89. The van der Waals surface area contributed by atoms with Gasteiger partial charge in [-0.2, -0.15) is 0 Å². The number of phenolic OH excluding ortho intramolecular Hbond substituents is 2. The molecule has 43 heavy (non-hydrogen) atoms. The first kappa shape index (κ1) is 29.0. The molecule has 0 fully saturated rings. The average molecular weight is 610 g/mol. The number of nitrogens with two attached hydrogens (primary N) is 2. The Hall–Kier alpha value is -5.52. The van der Waals surface area contributed by atoms with Gasteiger partial charge in [-0.15, -0.1) is 0 Å². The maximum absolute atomic E-state index is 13.2. The predicted octanol–water partition coefficient (Wildman–Crippen LogP) is 0.561. The molecule has 4 aromatic rings. The fourth-order valence-electron chi connectivity index (χ4n) is 4.93. The number of nitrogens with one attached hydrogen (secondary N) is 3. The first-order valence-corrected chi connectivity index (χ1v) is 13.8. The fraction of sp³-hybridized carbons (Fsp3) is 0.115. The van der Waals surface area contributed by atoms with Crippen LogP contribution in [-0.4, -0.2) is 68.5 Å². The number of hydrazine groups is 1. The Morgan fingerprint density at radius 2 is 1.79 bits per heavy atom. The first-order chi connectivity index (χ1) is 20.2. The number of amides is 1. The number of hydrogen-bond donors (Lipinski definition) is 9.